The summed E-state index contributed by atoms with van der Waals surface area (Å²) in [5, 5.41) is 22.5. The van der Waals surface area contributed by atoms with Gasteiger partial charge in [-0.2, -0.15) is 0 Å². The summed E-state index contributed by atoms with van der Waals surface area (Å²) < 4.78 is 23.9. The predicted octanol–water partition coefficient (Wildman–Crippen LogP) is 3.96. The van der Waals surface area contributed by atoms with E-state index < -0.39 is 0 Å². The molecule has 2 N–H and O–H groups in total. The zero-order chi connectivity index (χ0) is 26.9. The van der Waals surface area contributed by atoms with Crippen LogP contribution >= 0.6 is 0 Å². The van der Waals surface area contributed by atoms with Gasteiger partial charge in [0.2, 0.25) is 6.79 Å². The summed E-state index contributed by atoms with van der Waals surface area (Å²) in [4.78, 5) is 5.00. The molecule has 1 unspecified atom stereocenters. The number of piperazine rings is 1. The number of hydrogen-bond acceptors (Lipinski definition) is 8. The van der Waals surface area contributed by atoms with E-state index in [-0.39, 0.29) is 49.4 Å². The molecule has 0 radical (unpaired) electrons. The van der Waals surface area contributed by atoms with Crippen LogP contribution in [-0.4, -0.2) is 71.8 Å². The van der Waals surface area contributed by atoms with E-state index in [0.29, 0.717) is 24.5 Å². The molecule has 4 heterocycles. The van der Waals surface area contributed by atoms with Crippen molar-refractivity contribution in [3.05, 3.63) is 52.1 Å². The normalized spacial score (nSPS) is 27.4. The number of methoxy groups -OCH3 is 1. The van der Waals surface area contributed by atoms with E-state index in [9.17, 15) is 10.2 Å². The molecule has 0 amide bonds. The third kappa shape index (κ3) is 3.33. The second-order valence-corrected chi connectivity index (χ2v) is 10.9. The molecular formula is C30H38N2O6. The maximum absolute atomic E-state index is 11.6. The van der Waals surface area contributed by atoms with Gasteiger partial charge in [0, 0.05) is 40.4 Å². The van der Waals surface area contributed by atoms with Gasteiger partial charge < -0.3 is 29.2 Å². The second-order valence-electron chi connectivity index (χ2n) is 10.9. The van der Waals surface area contributed by atoms with Crippen molar-refractivity contribution in [3.63, 3.8) is 0 Å². The fraction of sp³-hybridized carbons (Fsp3) is 0.533. The van der Waals surface area contributed by atoms with Gasteiger partial charge >= 0.3 is 0 Å². The van der Waals surface area contributed by atoms with Crippen LogP contribution < -0.4 is 18.9 Å². The van der Waals surface area contributed by atoms with Crippen molar-refractivity contribution in [2.45, 2.75) is 70.7 Å². The molecule has 5 atom stereocenters. The van der Waals surface area contributed by atoms with Gasteiger partial charge in [0.25, 0.3) is 0 Å². The van der Waals surface area contributed by atoms with Gasteiger partial charge in [0.1, 0.15) is 12.4 Å². The highest BCUT2D eigenvalue weighted by Crippen LogP contribution is 2.58. The maximum atomic E-state index is 11.6. The third-order valence-electron chi connectivity index (χ3n) is 9.18. The van der Waals surface area contributed by atoms with Crippen LogP contribution in [0.5, 0.6) is 28.7 Å². The molecule has 2 aromatic rings. The van der Waals surface area contributed by atoms with E-state index in [1.165, 1.54) is 5.56 Å². The molecule has 0 spiro atoms. The SMILES string of the molecule is C=CCOc1c(C)c2c(c3c1CC1[C@@H]4c5c(cc(C)c(OC)c5O)C[C@H]([C@H](C)N1[C@H]3CO)N4CC)OCO2. The van der Waals surface area contributed by atoms with Gasteiger partial charge in [0.05, 0.1) is 25.8 Å². The predicted molar refractivity (Wildman–Crippen MR) is 144 cm³/mol. The highest BCUT2D eigenvalue weighted by atomic mass is 16.7. The Morgan fingerprint density at radius 2 is 1.89 bits per heavy atom. The molecule has 8 heteroatoms. The lowest BCUT2D eigenvalue weighted by Crippen LogP contribution is -2.68. The molecule has 1 fully saturated rings. The van der Waals surface area contributed by atoms with Crippen molar-refractivity contribution < 1.29 is 29.2 Å². The van der Waals surface area contributed by atoms with E-state index in [1.807, 2.05) is 13.8 Å². The Hall–Kier alpha value is -2.94. The highest BCUT2D eigenvalue weighted by molar-refractivity contribution is 5.66. The molecule has 0 aromatic heterocycles. The van der Waals surface area contributed by atoms with Crippen molar-refractivity contribution in [1.82, 2.24) is 9.80 Å². The van der Waals surface area contributed by atoms with E-state index in [2.05, 4.69) is 36.3 Å². The lowest BCUT2D eigenvalue weighted by atomic mass is 9.71. The lowest BCUT2D eigenvalue weighted by molar-refractivity contribution is -0.102. The molecule has 2 bridgehead atoms. The van der Waals surface area contributed by atoms with Crippen molar-refractivity contribution >= 4 is 0 Å². The average Bonchev–Trinajstić information content (AvgIpc) is 3.40. The zero-order valence-corrected chi connectivity index (χ0v) is 22.9. The lowest BCUT2D eigenvalue weighted by Gasteiger charge is -2.61. The van der Waals surface area contributed by atoms with E-state index in [4.69, 9.17) is 18.9 Å². The Balaban J connectivity index is 1.59. The number of rotatable bonds is 6. The molecule has 38 heavy (non-hydrogen) atoms. The number of hydrogen-bond donors (Lipinski definition) is 2. The van der Waals surface area contributed by atoms with Gasteiger partial charge in [-0.15, -0.1) is 0 Å². The number of ether oxygens (including phenoxy) is 4. The van der Waals surface area contributed by atoms with Crippen molar-refractivity contribution in [2.24, 2.45) is 0 Å². The number of benzene rings is 2. The highest BCUT2D eigenvalue weighted by Gasteiger charge is 2.55. The minimum atomic E-state index is -0.291. The Morgan fingerprint density at radius 1 is 1.13 bits per heavy atom. The number of aryl methyl sites for hydroxylation is 1. The molecule has 1 saturated heterocycles. The molecule has 0 saturated carbocycles. The first-order valence-electron chi connectivity index (χ1n) is 13.6. The Labute approximate surface area is 224 Å². The summed E-state index contributed by atoms with van der Waals surface area (Å²) in [5.74, 6) is 2.96. The topological polar surface area (TPSA) is 83.9 Å². The summed E-state index contributed by atoms with van der Waals surface area (Å²) in [7, 11) is 1.61. The number of nitrogens with zero attached hydrogens (tertiary/aromatic N) is 2. The number of fused-ring (bicyclic) bond motifs is 9. The van der Waals surface area contributed by atoms with Crippen LogP contribution in [0.1, 0.15) is 59.3 Å². The Morgan fingerprint density at radius 3 is 2.58 bits per heavy atom. The Kier molecular flexibility index (Phi) is 6.24. The van der Waals surface area contributed by atoms with Gasteiger partial charge in [-0.05, 0) is 51.3 Å². The number of phenols is 1. The van der Waals surface area contributed by atoms with Crippen LogP contribution in [0.2, 0.25) is 0 Å². The molecule has 4 aliphatic heterocycles. The first-order chi connectivity index (χ1) is 18.4. The number of aliphatic hydroxyl groups is 1. The number of aliphatic hydroxyl groups excluding tert-OH is 1. The minimum absolute atomic E-state index is 0.00550. The zero-order valence-electron chi connectivity index (χ0n) is 22.9. The summed E-state index contributed by atoms with van der Waals surface area (Å²) in [6.07, 6.45) is 3.25. The fourth-order valence-corrected chi connectivity index (χ4v) is 7.81. The first kappa shape index (κ1) is 25.3. The van der Waals surface area contributed by atoms with Crippen molar-refractivity contribution in [1.29, 1.82) is 0 Å². The summed E-state index contributed by atoms with van der Waals surface area (Å²) in [5.41, 5.74) is 5.98. The van der Waals surface area contributed by atoms with Crippen LogP contribution in [0.3, 0.4) is 0 Å². The number of phenolic OH excluding ortho intramolecular Hbond substituents is 1. The Bertz CT molecular complexity index is 1290. The van der Waals surface area contributed by atoms with Gasteiger partial charge in [-0.3, -0.25) is 9.80 Å². The molecule has 0 aliphatic carbocycles. The monoisotopic (exact) mass is 522 g/mol. The second kappa shape index (κ2) is 9.36. The number of aromatic hydroxyl groups is 1. The van der Waals surface area contributed by atoms with Gasteiger partial charge in [-0.1, -0.05) is 25.6 Å². The smallest absolute Gasteiger partial charge is 0.231 e. The van der Waals surface area contributed by atoms with E-state index in [1.54, 1.807) is 13.2 Å². The largest absolute Gasteiger partial charge is 0.504 e. The first-order valence-corrected chi connectivity index (χ1v) is 13.6. The van der Waals surface area contributed by atoms with Crippen LogP contribution in [0.25, 0.3) is 0 Å². The quantitative estimate of drug-likeness (QED) is 0.552. The summed E-state index contributed by atoms with van der Waals surface area (Å²) >= 11 is 0. The van der Waals surface area contributed by atoms with Crippen molar-refractivity contribution in [2.75, 3.05) is 33.7 Å². The molecule has 8 nitrogen and oxygen atoms in total. The minimum Gasteiger partial charge on any atom is -0.504 e. The standard InChI is InChI=1S/C30H38N2O6/c1-7-9-36-28-16(4)29-30(38-14-37-29)24-19(28)12-21-25-23-18(10-15(3)27(35-6)26(23)34)11-20(31(25)8-2)17(5)32(21)22(24)13-33/h7,10,17,20-22,25,33-34H,1,8-9,11-14H2,2-6H3/t17-,20+,21?,22-,25+/m0/s1. The van der Waals surface area contributed by atoms with E-state index >= 15 is 0 Å². The molecule has 204 valence electrons. The maximum Gasteiger partial charge on any atom is 0.231 e. The molecular weight excluding hydrogens is 484 g/mol. The number of likely N-dealkylation sites (N-methyl/N-ethyl adjacent to an activating group) is 1. The molecule has 4 aliphatic rings. The van der Waals surface area contributed by atoms with Gasteiger partial charge in [-0.25, -0.2) is 0 Å². The van der Waals surface area contributed by atoms with Gasteiger partial charge in [0.15, 0.2) is 23.0 Å². The van der Waals surface area contributed by atoms with Crippen LogP contribution in [0, 0.1) is 13.8 Å². The third-order valence-corrected chi connectivity index (χ3v) is 9.18. The fourth-order valence-electron chi connectivity index (χ4n) is 7.81. The van der Waals surface area contributed by atoms with Crippen LogP contribution in [0.4, 0.5) is 0 Å². The van der Waals surface area contributed by atoms with Crippen LogP contribution in [0.15, 0.2) is 18.7 Å². The molecule has 2 aromatic carbocycles. The summed E-state index contributed by atoms with van der Waals surface area (Å²) in [6, 6.07) is 2.22. The van der Waals surface area contributed by atoms with E-state index in [0.717, 1.165) is 52.3 Å². The molecule has 6 rings (SSSR count). The van der Waals surface area contributed by atoms with Crippen LogP contribution in [-0.2, 0) is 12.8 Å². The average molecular weight is 523 g/mol. The van der Waals surface area contributed by atoms with Crippen molar-refractivity contribution in [3.8, 4) is 28.7 Å². The summed E-state index contributed by atoms with van der Waals surface area (Å²) in [6.45, 7) is 13.6.